The zero-order valence-electron chi connectivity index (χ0n) is 13.1. The second kappa shape index (κ2) is 7.24. The topological polar surface area (TPSA) is 24.1 Å². The second-order valence-corrected chi connectivity index (χ2v) is 6.53. The smallest absolute Gasteiger partial charge is 0.0140 e. The van der Waals surface area contributed by atoms with Crippen LogP contribution in [0.1, 0.15) is 38.2 Å². The number of hydrogen-bond donors (Lipinski definition) is 2. The van der Waals surface area contributed by atoms with Crippen molar-refractivity contribution in [2.75, 3.05) is 19.6 Å². The highest BCUT2D eigenvalue weighted by Crippen LogP contribution is 2.39. The van der Waals surface area contributed by atoms with E-state index in [2.05, 4.69) is 54.0 Å². The average Bonchev–Trinajstić information content (AvgIpc) is 3.32. The standard InChI is InChI=1S/C19H28N2/c1-2-17(12-15-6-4-3-5-7-15)18-13-19(18)21-14-16-8-10-20-11-9-16/h3-7,12,16,18-21H,2,8-11,13-14H2,1H3/t18-,19?/m0/s1. The van der Waals surface area contributed by atoms with Gasteiger partial charge in [-0.3, -0.25) is 0 Å². The Bertz CT molecular complexity index is 460. The minimum atomic E-state index is 0.731. The molecular formula is C19H28N2. The van der Waals surface area contributed by atoms with Gasteiger partial charge in [-0.2, -0.15) is 0 Å². The molecule has 1 saturated heterocycles. The lowest BCUT2D eigenvalue weighted by molar-refractivity contribution is 0.354. The van der Waals surface area contributed by atoms with Crippen molar-refractivity contribution in [3.05, 3.63) is 41.5 Å². The lowest BCUT2D eigenvalue weighted by atomic mass is 9.98. The summed E-state index contributed by atoms with van der Waals surface area (Å²) in [5, 5.41) is 7.25. The molecule has 1 aromatic rings. The van der Waals surface area contributed by atoms with Gasteiger partial charge in [0.2, 0.25) is 0 Å². The van der Waals surface area contributed by atoms with Crippen LogP contribution in [0.5, 0.6) is 0 Å². The predicted octanol–water partition coefficient (Wildman–Crippen LogP) is 3.46. The summed E-state index contributed by atoms with van der Waals surface area (Å²) in [6, 6.07) is 11.5. The molecule has 114 valence electrons. The number of piperidine rings is 1. The quantitative estimate of drug-likeness (QED) is 0.836. The van der Waals surface area contributed by atoms with Gasteiger partial charge in [-0.25, -0.2) is 0 Å². The molecular weight excluding hydrogens is 256 g/mol. The molecule has 1 aliphatic carbocycles. The molecule has 0 spiro atoms. The summed E-state index contributed by atoms with van der Waals surface area (Å²) in [7, 11) is 0. The van der Waals surface area contributed by atoms with Crippen LogP contribution in [-0.2, 0) is 0 Å². The third-order valence-electron chi connectivity index (χ3n) is 4.95. The molecule has 1 aromatic carbocycles. The Morgan fingerprint density at radius 2 is 2.00 bits per heavy atom. The Morgan fingerprint density at radius 1 is 1.24 bits per heavy atom. The zero-order valence-corrected chi connectivity index (χ0v) is 13.1. The Balaban J connectivity index is 1.49. The number of benzene rings is 1. The molecule has 0 amide bonds. The highest BCUT2D eigenvalue weighted by molar-refractivity contribution is 5.54. The van der Waals surface area contributed by atoms with Crippen molar-refractivity contribution in [1.29, 1.82) is 0 Å². The van der Waals surface area contributed by atoms with E-state index in [1.54, 1.807) is 5.57 Å². The molecule has 0 aromatic heterocycles. The van der Waals surface area contributed by atoms with E-state index in [4.69, 9.17) is 0 Å². The van der Waals surface area contributed by atoms with Gasteiger partial charge in [0.15, 0.2) is 0 Å². The summed E-state index contributed by atoms with van der Waals surface area (Å²) < 4.78 is 0. The molecule has 2 fully saturated rings. The first-order chi connectivity index (χ1) is 10.4. The first kappa shape index (κ1) is 14.8. The van der Waals surface area contributed by atoms with Gasteiger partial charge in [0.05, 0.1) is 0 Å². The van der Waals surface area contributed by atoms with Gasteiger partial charge in [-0.1, -0.05) is 48.9 Å². The lowest BCUT2D eigenvalue weighted by Gasteiger charge is -2.23. The Labute approximate surface area is 129 Å². The van der Waals surface area contributed by atoms with Crippen LogP contribution in [0.4, 0.5) is 0 Å². The first-order valence-corrected chi connectivity index (χ1v) is 8.56. The van der Waals surface area contributed by atoms with E-state index in [0.29, 0.717) is 0 Å². The average molecular weight is 284 g/mol. The van der Waals surface area contributed by atoms with E-state index < -0.39 is 0 Å². The molecule has 2 nitrogen and oxygen atoms in total. The molecule has 2 aliphatic rings. The molecule has 0 bridgehead atoms. The van der Waals surface area contributed by atoms with Crippen LogP contribution in [0.25, 0.3) is 6.08 Å². The largest absolute Gasteiger partial charge is 0.317 e. The minimum Gasteiger partial charge on any atom is -0.317 e. The molecule has 21 heavy (non-hydrogen) atoms. The molecule has 3 rings (SSSR count). The Hall–Kier alpha value is -1.12. The normalized spacial score (nSPS) is 26.8. The van der Waals surface area contributed by atoms with E-state index >= 15 is 0 Å². The van der Waals surface area contributed by atoms with Gasteiger partial charge < -0.3 is 10.6 Å². The van der Waals surface area contributed by atoms with Crippen LogP contribution >= 0.6 is 0 Å². The van der Waals surface area contributed by atoms with Gasteiger partial charge >= 0.3 is 0 Å². The molecule has 1 heterocycles. The van der Waals surface area contributed by atoms with Gasteiger partial charge in [0.25, 0.3) is 0 Å². The van der Waals surface area contributed by atoms with Gasteiger partial charge in [0, 0.05) is 6.04 Å². The summed E-state index contributed by atoms with van der Waals surface area (Å²) in [6.07, 6.45) is 7.58. The van der Waals surface area contributed by atoms with Gasteiger partial charge in [-0.15, -0.1) is 0 Å². The van der Waals surface area contributed by atoms with Crippen LogP contribution in [0.2, 0.25) is 0 Å². The maximum atomic E-state index is 3.81. The van der Waals surface area contributed by atoms with Crippen LogP contribution < -0.4 is 10.6 Å². The molecule has 1 saturated carbocycles. The summed E-state index contributed by atoms with van der Waals surface area (Å²) in [5.41, 5.74) is 2.96. The maximum Gasteiger partial charge on any atom is 0.0140 e. The van der Waals surface area contributed by atoms with Crippen LogP contribution in [-0.4, -0.2) is 25.7 Å². The van der Waals surface area contributed by atoms with E-state index in [9.17, 15) is 0 Å². The zero-order chi connectivity index (χ0) is 14.5. The molecule has 1 unspecified atom stereocenters. The first-order valence-electron chi connectivity index (χ1n) is 8.56. The molecule has 2 heteroatoms. The lowest BCUT2D eigenvalue weighted by Crippen LogP contribution is -2.34. The number of hydrogen-bond acceptors (Lipinski definition) is 2. The molecule has 0 radical (unpaired) electrons. The summed E-state index contributed by atoms with van der Waals surface area (Å²) in [6.45, 7) is 5.91. The number of rotatable bonds is 6. The number of nitrogens with one attached hydrogen (secondary N) is 2. The van der Waals surface area contributed by atoms with E-state index in [-0.39, 0.29) is 0 Å². The van der Waals surface area contributed by atoms with Crippen LogP contribution in [0, 0.1) is 11.8 Å². The van der Waals surface area contributed by atoms with Crippen molar-refractivity contribution in [2.24, 2.45) is 11.8 Å². The van der Waals surface area contributed by atoms with Crippen molar-refractivity contribution in [3.8, 4) is 0 Å². The summed E-state index contributed by atoms with van der Waals surface area (Å²) in [5.74, 6) is 1.66. The summed E-state index contributed by atoms with van der Waals surface area (Å²) in [4.78, 5) is 0. The van der Waals surface area contributed by atoms with E-state index in [1.807, 2.05) is 0 Å². The van der Waals surface area contributed by atoms with Gasteiger partial charge in [-0.05, 0) is 62.7 Å². The third kappa shape index (κ3) is 4.18. The van der Waals surface area contributed by atoms with E-state index in [1.165, 1.54) is 50.9 Å². The highest BCUT2D eigenvalue weighted by Gasteiger charge is 2.38. The van der Waals surface area contributed by atoms with Crippen molar-refractivity contribution < 1.29 is 0 Å². The third-order valence-corrected chi connectivity index (χ3v) is 4.95. The fourth-order valence-electron chi connectivity index (χ4n) is 3.47. The molecule has 1 aliphatic heterocycles. The van der Waals surface area contributed by atoms with Crippen LogP contribution in [0.3, 0.4) is 0 Å². The van der Waals surface area contributed by atoms with Crippen molar-refractivity contribution in [2.45, 2.75) is 38.6 Å². The fraction of sp³-hybridized carbons (Fsp3) is 0.579. The molecule has 2 atom stereocenters. The van der Waals surface area contributed by atoms with Gasteiger partial charge in [0.1, 0.15) is 0 Å². The minimum absolute atomic E-state index is 0.731. The SMILES string of the molecule is CCC(=Cc1ccccc1)[C@@H]1CC1NCC1CCNCC1. The summed E-state index contributed by atoms with van der Waals surface area (Å²) >= 11 is 0. The second-order valence-electron chi connectivity index (χ2n) is 6.53. The van der Waals surface area contributed by atoms with Crippen molar-refractivity contribution >= 4 is 6.08 Å². The monoisotopic (exact) mass is 284 g/mol. The predicted molar refractivity (Wildman–Crippen MR) is 90.2 cm³/mol. The highest BCUT2D eigenvalue weighted by atomic mass is 15.0. The maximum absolute atomic E-state index is 3.81. The van der Waals surface area contributed by atoms with Crippen molar-refractivity contribution in [3.63, 3.8) is 0 Å². The molecule has 2 N–H and O–H groups in total. The van der Waals surface area contributed by atoms with Crippen molar-refractivity contribution in [1.82, 2.24) is 10.6 Å². The Morgan fingerprint density at radius 3 is 2.71 bits per heavy atom. The van der Waals surface area contributed by atoms with E-state index in [0.717, 1.165) is 17.9 Å². The van der Waals surface area contributed by atoms with Crippen LogP contribution in [0.15, 0.2) is 35.9 Å². The fourth-order valence-corrected chi connectivity index (χ4v) is 3.47. The Kier molecular flexibility index (Phi) is 5.10.